The summed E-state index contributed by atoms with van der Waals surface area (Å²) in [6.07, 6.45) is 6.08. The second kappa shape index (κ2) is 5.50. The summed E-state index contributed by atoms with van der Waals surface area (Å²) in [4.78, 5) is 11.9. The fourth-order valence-electron chi connectivity index (χ4n) is 2.70. The van der Waals surface area contributed by atoms with Crippen molar-refractivity contribution in [2.75, 3.05) is 14.2 Å². The van der Waals surface area contributed by atoms with Crippen LogP contribution in [0.25, 0.3) is 0 Å². The van der Waals surface area contributed by atoms with Crippen LogP contribution < -0.4 is 0 Å². The van der Waals surface area contributed by atoms with Crippen LogP contribution in [0.5, 0.6) is 0 Å². The summed E-state index contributed by atoms with van der Waals surface area (Å²) in [5.41, 5.74) is -0.362. The lowest BCUT2D eigenvalue weighted by Crippen LogP contribution is -2.40. The highest BCUT2D eigenvalue weighted by Crippen LogP contribution is 2.45. The number of rotatable bonds is 5. The number of unbranched alkanes of at least 4 members (excludes halogenated alkanes) is 1. The van der Waals surface area contributed by atoms with E-state index in [9.17, 15) is 4.79 Å². The third-order valence-corrected chi connectivity index (χ3v) is 3.56. The zero-order valence-electron chi connectivity index (χ0n) is 10.0. The lowest BCUT2D eigenvalue weighted by atomic mass is 9.79. The normalized spacial score (nSPS) is 30.5. The Morgan fingerprint density at radius 1 is 1.47 bits per heavy atom. The highest BCUT2D eigenvalue weighted by Gasteiger charge is 2.49. The molecule has 1 fully saturated rings. The number of ether oxygens (including phenoxy) is 2. The van der Waals surface area contributed by atoms with Crippen LogP contribution in [-0.2, 0) is 14.3 Å². The van der Waals surface area contributed by atoms with Crippen molar-refractivity contribution >= 4 is 5.97 Å². The molecule has 0 amide bonds. The zero-order valence-corrected chi connectivity index (χ0v) is 10.0. The molecule has 0 spiro atoms. The van der Waals surface area contributed by atoms with Crippen LogP contribution in [0, 0.1) is 5.41 Å². The summed E-state index contributed by atoms with van der Waals surface area (Å²) in [5, 5.41) is 0. The molecule has 0 heterocycles. The Balaban J connectivity index is 2.79. The number of hydrogen-bond donors (Lipinski definition) is 0. The van der Waals surface area contributed by atoms with Gasteiger partial charge >= 0.3 is 5.97 Å². The van der Waals surface area contributed by atoms with Crippen LogP contribution >= 0.6 is 0 Å². The molecule has 0 aromatic rings. The van der Waals surface area contributed by atoms with Gasteiger partial charge in [-0.1, -0.05) is 19.8 Å². The number of hydrogen-bond acceptors (Lipinski definition) is 3. The van der Waals surface area contributed by atoms with Crippen molar-refractivity contribution in [1.82, 2.24) is 0 Å². The minimum absolute atomic E-state index is 0.0523. The Hall–Kier alpha value is -0.570. The van der Waals surface area contributed by atoms with Crippen molar-refractivity contribution < 1.29 is 14.3 Å². The molecule has 1 aliphatic carbocycles. The van der Waals surface area contributed by atoms with E-state index in [1.165, 1.54) is 7.11 Å². The Morgan fingerprint density at radius 2 is 2.20 bits per heavy atom. The molecular weight excluding hydrogens is 192 g/mol. The molecule has 1 aliphatic rings. The molecule has 0 aromatic carbocycles. The van der Waals surface area contributed by atoms with E-state index in [0.717, 1.165) is 38.5 Å². The molecule has 0 N–H and O–H groups in total. The summed E-state index contributed by atoms with van der Waals surface area (Å²) in [5.74, 6) is -0.0831. The summed E-state index contributed by atoms with van der Waals surface area (Å²) >= 11 is 0. The van der Waals surface area contributed by atoms with Crippen LogP contribution in [-0.4, -0.2) is 26.3 Å². The van der Waals surface area contributed by atoms with Crippen LogP contribution in [0.3, 0.4) is 0 Å². The van der Waals surface area contributed by atoms with E-state index >= 15 is 0 Å². The average molecular weight is 214 g/mol. The summed E-state index contributed by atoms with van der Waals surface area (Å²) in [7, 11) is 3.17. The van der Waals surface area contributed by atoms with Crippen LogP contribution in [0.15, 0.2) is 0 Å². The second-order valence-electron chi connectivity index (χ2n) is 4.37. The second-order valence-corrected chi connectivity index (χ2v) is 4.37. The van der Waals surface area contributed by atoms with Gasteiger partial charge < -0.3 is 9.47 Å². The van der Waals surface area contributed by atoms with Gasteiger partial charge in [0, 0.05) is 7.11 Å². The molecule has 15 heavy (non-hydrogen) atoms. The Bertz CT molecular complexity index is 215. The molecule has 3 nitrogen and oxygen atoms in total. The molecule has 0 aliphatic heterocycles. The highest BCUT2D eigenvalue weighted by molar-refractivity contribution is 5.78. The lowest BCUT2D eigenvalue weighted by molar-refractivity contribution is -0.160. The maximum Gasteiger partial charge on any atom is 0.314 e. The van der Waals surface area contributed by atoms with Crippen molar-refractivity contribution in [3.63, 3.8) is 0 Å². The maximum atomic E-state index is 11.9. The predicted octanol–water partition coefficient (Wildman–Crippen LogP) is 2.53. The fourth-order valence-corrected chi connectivity index (χ4v) is 2.70. The number of carbonyl (C=O) groups is 1. The van der Waals surface area contributed by atoms with Gasteiger partial charge in [0.2, 0.25) is 0 Å². The standard InChI is InChI=1S/C12H22O3/c1-4-5-8-12(11(13)15-3)9-6-7-10(12)14-2/h10H,4-9H2,1-3H3. The summed E-state index contributed by atoms with van der Waals surface area (Å²) in [6, 6.07) is 0. The van der Waals surface area contributed by atoms with E-state index < -0.39 is 0 Å². The topological polar surface area (TPSA) is 35.5 Å². The van der Waals surface area contributed by atoms with Crippen molar-refractivity contribution in [2.45, 2.75) is 51.6 Å². The smallest absolute Gasteiger partial charge is 0.314 e. The molecule has 2 unspecified atom stereocenters. The van der Waals surface area contributed by atoms with Crippen molar-refractivity contribution in [3.05, 3.63) is 0 Å². The summed E-state index contributed by atoms with van der Waals surface area (Å²) < 4.78 is 10.4. The quantitative estimate of drug-likeness (QED) is 0.660. The molecule has 0 aromatic heterocycles. The first-order valence-electron chi connectivity index (χ1n) is 5.82. The number of carbonyl (C=O) groups excluding carboxylic acids is 1. The van der Waals surface area contributed by atoms with Gasteiger partial charge in [0.1, 0.15) is 0 Å². The fraction of sp³-hybridized carbons (Fsp3) is 0.917. The number of esters is 1. The minimum atomic E-state index is -0.362. The third kappa shape index (κ3) is 2.33. The van der Waals surface area contributed by atoms with E-state index in [0.29, 0.717) is 0 Å². The van der Waals surface area contributed by atoms with Crippen LogP contribution in [0.4, 0.5) is 0 Å². The predicted molar refractivity (Wildman–Crippen MR) is 58.6 cm³/mol. The van der Waals surface area contributed by atoms with Gasteiger partial charge in [-0.05, 0) is 25.7 Å². The molecule has 2 atom stereocenters. The SMILES string of the molecule is CCCCC1(C(=O)OC)CCCC1OC. The first-order chi connectivity index (χ1) is 7.21. The molecular formula is C12H22O3. The molecule has 0 radical (unpaired) electrons. The van der Waals surface area contributed by atoms with E-state index in [1.54, 1.807) is 7.11 Å². The van der Waals surface area contributed by atoms with E-state index in [1.807, 2.05) is 0 Å². The molecule has 0 bridgehead atoms. The molecule has 1 saturated carbocycles. The van der Waals surface area contributed by atoms with Crippen molar-refractivity contribution in [3.8, 4) is 0 Å². The van der Waals surface area contributed by atoms with E-state index in [4.69, 9.17) is 9.47 Å². The number of methoxy groups -OCH3 is 2. The Morgan fingerprint density at radius 3 is 2.73 bits per heavy atom. The minimum Gasteiger partial charge on any atom is -0.469 e. The van der Waals surface area contributed by atoms with Gasteiger partial charge in [-0.25, -0.2) is 0 Å². The first-order valence-corrected chi connectivity index (χ1v) is 5.82. The van der Waals surface area contributed by atoms with Gasteiger partial charge in [0.05, 0.1) is 18.6 Å². The van der Waals surface area contributed by atoms with E-state index in [2.05, 4.69) is 6.92 Å². The molecule has 3 heteroatoms. The Labute approximate surface area is 92.1 Å². The monoisotopic (exact) mass is 214 g/mol. The van der Waals surface area contributed by atoms with Crippen molar-refractivity contribution in [2.24, 2.45) is 5.41 Å². The first kappa shape index (κ1) is 12.5. The highest BCUT2D eigenvalue weighted by atomic mass is 16.5. The average Bonchev–Trinajstić information content (AvgIpc) is 2.69. The zero-order chi connectivity index (χ0) is 11.3. The largest absolute Gasteiger partial charge is 0.469 e. The molecule has 1 rings (SSSR count). The van der Waals surface area contributed by atoms with E-state index in [-0.39, 0.29) is 17.5 Å². The van der Waals surface area contributed by atoms with Crippen LogP contribution in [0.2, 0.25) is 0 Å². The van der Waals surface area contributed by atoms with Crippen molar-refractivity contribution in [1.29, 1.82) is 0 Å². The van der Waals surface area contributed by atoms with Gasteiger partial charge in [0.15, 0.2) is 0 Å². The van der Waals surface area contributed by atoms with Gasteiger partial charge in [-0.3, -0.25) is 4.79 Å². The lowest BCUT2D eigenvalue weighted by Gasteiger charge is -2.31. The molecule has 0 saturated heterocycles. The third-order valence-electron chi connectivity index (χ3n) is 3.56. The van der Waals surface area contributed by atoms with Gasteiger partial charge in [-0.2, -0.15) is 0 Å². The van der Waals surface area contributed by atoms with Crippen LogP contribution in [0.1, 0.15) is 45.4 Å². The maximum absolute atomic E-state index is 11.9. The summed E-state index contributed by atoms with van der Waals surface area (Å²) in [6.45, 7) is 2.14. The Kier molecular flexibility index (Phi) is 4.58. The molecule has 88 valence electrons. The van der Waals surface area contributed by atoms with Gasteiger partial charge in [0.25, 0.3) is 0 Å². The van der Waals surface area contributed by atoms with Gasteiger partial charge in [-0.15, -0.1) is 0 Å².